The largest absolute Gasteiger partial charge is 0.487 e. The molecular weight excluding hydrogens is 354 g/mol. The molecule has 2 aromatic rings. The summed E-state index contributed by atoms with van der Waals surface area (Å²) in [6.45, 7) is 5.93. The number of thiocarbonyl (C=S) groups is 1. The van der Waals surface area contributed by atoms with Gasteiger partial charge in [-0.15, -0.1) is 0 Å². The minimum absolute atomic E-state index is 0.108. The number of hydrogen-bond acceptors (Lipinski definition) is 5. The van der Waals surface area contributed by atoms with Gasteiger partial charge in [-0.25, -0.2) is 0 Å². The van der Waals surface area contributed by atoms with Gasteiger partial charge in [-0.1, -0.05) is 6.07 Å². The van der Waals surface area contributed by atoms with Crippen molar-refractivity contribution in [2.75, 3.05) is 11.9 Å². The second kappa shape index (κ2) is 8.39. The van der Waals surface area contributed by atoms with Crippen LogP contribution in [-0.2, 0) is 0 Å². The van der Waals surface area contributed by atoms with E-state index in [0.29, 0.717) is 0 Å². The SMILES string of the molecule is CCOc1ccc(C(=O)NC(=S)Nc2cc(C)cc(C)c2)cc1[N+](=O)[O-]. The number of benzene rings is 2. The fourth-order valence-corrected chi connectivity index (χ4v) is 2.67. The Morgan fingerprint density at radius 2 is 1.85 bits per heavy atom. The Morgan fingerprint density at radius 3 is 2.42 bits per heavy atom. The molecular formula is C18H19N3O4S. The van der Waals surface area contributed by atoms with E-state index >= 15 is 0 Å². The monoisotopic (exact) mass is 373 g/mol. The Bertz CT molecular complexity index is 847. The Balaban J connectivity index is 2.12. The van der Waals surface area contributed by atoms with Gasteiger partial charge in [0.05, 0.1) is 11.5 Å². The molecule has 0 aliphatic carbocycles. The van der Waals surface area contributed by atoms with E-state index in [-0.39, 0.29) is 28.7 Å². The molecule has 0 radical (unpaired) electrons. The van der Waals surface area contributed by atoms with Crippen LogP contribution >= 0.6 is 12.2 Å². The Hall–Kier alpha value is -3.00. The maximum absolute atomic E-state index is 12.3. The molecule has 0 aromatic heterocycles. The van der Waals surface area contributed by atoms with Crippen LogP contribution in [0.25, 0.3) is 0 Å². The Labute approximate surface area is 156 Å². The average Bonchev–Trinajstić information content (AvgIpc) is 2.53. The van der Waals surface area contributed by atoms with E-state index < -0.39 is 10.8 Å². The van der Waals surface area contributed by atoms with Crippen LogP contribution in [0.4, 0.5) is 11.4 Å². The van der Waals surface area contributed by atoms with E-state index in [9.17, 15) is 14.9 Å². The highest BCUT2D eigenvalue weighted by molar-refractivity contribution is 7.80. The standard InChI is InChI=1S/C18H19N3O4S/c1-4-25-16-6-5-13(10-15(16)21(23)24)17(22)20-18(26)19-14-8-11(2)7-12(3)9-14/h5-10H,4H2,1-3H3,(H2,19,20,22,26). The maximum atomic E-state index is 12.3. The first-order valence-corrected chi connectivity index (χ1v) is 8.33. The number of nitrogens with zero attached hydrogens (tertiary/aromatic N) is 1. The fraction of sp³-hybridized carbons (Fsp3) is 0.222. The molecule has 2 aromatic carbocycles. The lowest BCUT2D eigenvalue weighted by molar-refractivity contribution is -0.385. The molecule has 1 amide bonds. The summed E-state index contributed by atoms with van der Waals surface area (Å²) < 4.78 is 5.20. The summed E-state index contributed by atoms with van der Waals surface area (Å²) in [5.74, 6) is -0.428. The lowest BCUT2D eigenvalue weighted by Gasteiger charge is -2.11. The average molecular weight is 373 g/mol. The van der Waals surface area contributed by atoms with Gasteiger partial charge in [0.1, 0.15) is 0 Å². The summed E-state index contributed by atoms with van der Waals surface area (Å²) in [7, 11) is 0. The summed E-state index contributed by atoms with van der Waals surface area (Å²) in [6.07, 6.45) is 0. The number of anilines is 1. The molecule has 0 aliphatic rings. The molecule has 2 rings (SSSR count). The summed E-state index contributed by atoms with van der Waals surface area (Å²) in [5, 5.41) is 16.7. The zero-order chi connectivity index (χ0) is 19.3. The topological polar surface area (TPSA) is 93.5 Å². The van der Waals surface area contributed by atoms with Crippen LogP contribution in [0.5, 0.6) is 5.75 Å². The first-order chi connectivity index (χ1) is 12.3. The number of nitrogens with one attached hydrogen (secondary N) is 2. The predicted octanol–water partition coefficient (Wildman–Crippen LogP) is 3.74. The maximum Gasteiger partial charge on any atom is 0.311 e. The first-order valence-electron chi connectivity index (χ1n) is 7.92. The number of amides is 1. The van der Waals surface area contributed by atoms with Gasteiger partial charge in [-0.05, 0) is 68.4 Å². The van der Waals surface area contributed by atoms with E-state index in [1.807, 2.05) is 32.0 Å². The van der Waals surface area contributed by atoms with Crippen LogP contribution in [0, 0.1) is 24.0 Å². The highest BCUT2D eigenvalue weighted by Crippen LogP contribution is 2.28. The van der Waals surface area contributed by atoms with Crippen LogP contribution in [0.2, 0.25) is 0 Å². The lowest BCUT2D eigenvalue weighted by atomic mass is 10.1. The summed E-state index contributed by atoms with van der Waals surface area (Å²) in [6, 6.07) is 9.83. The van der Waals surface area contributed by atoms with Gasteiger partial charge in [0, 0.05) is 17.3 Å². The van der Waals surface area contributed by atoms with Gasteiger partial charge < -0.3 is 10.1 Å². The van der Waals surface area contributed by atoms with Crippen molar-refractivity contribution in [2.24, 2.45) is 0 Å². The van der Waals surface area contributed by atoms with Gasteiger partial charge in [0.15, 0.2) is 10.9 Å². The summed E-state index contributed by atoms with van der Waals surface area (Å²) >= 11 is 5.15. The van der Waals surface area contributed by atoms with Crippen molar-refractivity contribution < 1.29 is 14.5 Å². The van der Waals surface area contributed by atoms with Crippen LogP contribution < -0.4 is 15.4 Å². The zero-order valence-electron chi connectivity index (χ0n) is 14.7. The van der Waals surface area contributed by atoms with E-state index in [1.54, 1.807) is 6.92 Å². The van der Waals surface area contributed by atoms with Crippen molar-refractivity contribution in [1.29, 1.82) is 0 Å². The van der Waals surface area contributed by atoms with Gasteiger partial charge in [-0.3, -0.25) is 20.2 Å². The van der Waals surface area contributed by atoms with Crippen molar-refractivity contribution >= 4 is 34.6 Å². The Kier molecular flexibility index (Phi) is 6.24. The molecule has 0 saturated heterocycles. The molecule has 8 heteroatoms. The van der Waals surface area contributed by atoms with Crippen molar-refractivity contribution in [2.45, 2.75) is 20.8 Å². The van der Waals surface area contributed by atoms with Gasteiger partial charge in [-0.2, -0.15) is 0 Å². The van der Waals surface area contributed by atoms with Crippen LogP contribution in [0.15, 0.2) is 36.4 Å². The fourth-order valence-electron chi connectivity index (χ4n) is 2.46. The molecule has 2 N–H and O–H groups in total. The third-order valence-electron chi connectivity index (χ3n) is 3.42. The molecule has 0 heterocycles. The van der Waals surface area contributed by atoms with Crippen LogP contribution in [0.1, 0.15) is 28.4 Å². The number of ether oxygens (including phenoxy) is 1. The number of nitro groups is 1. The highest BCUT2D eigenvalue weighted by Gasteiger charge is 2.19. The number of rotatable bonds is 5. The summed E-state index contributed by atoms with van der Waals surface area (Å²) in [4.78, 5) is 22.9. The molecule has 0 saturated carbocycles. The normalized spacial score (nSPS) is 10.1. The molecule has 0 atom stereocenters. The van der Waals surface area contributed by atoms with Crippen molar-refractivity contribution in [1.82, 2.24) is 5.32 Å². The molecule has 136 valence electrons. The third kappa shape index (κ3) is 5.00. The van der Waals surface area contributed by atoms with Crippen molar-refractivity contribution in [3.8, 4) is 5.75 Å². The number of carbonyl (C=O) groups excluding carboxylic acids is 1. The number of carbonyl (C=O) groups is 1. The van der Waals surface area contributed by atoms with Crippen LogP contribution in [0.3, 0.4) is 0 Å². The quantitative estimate of drug-likeness (QED) is 0.471. The molecule has 7 nitrogen and oxygen atoms in total. The van der Waals surface area contributed by atoms with E-state index in [1.165, 1.54) is 18.2 Å². The van der Waals surface area contributed by atoms with Gasteiger partial charge in [0.25, 0.3) is 5.91 Å². The van der Waals surface area contributed by atoms with Crippen molar-refractivity contribution in [3.63, 3.8) is 0 Å². The summed E-state index contributed by atoms with van der Waals surface area (Å²) in [5.41, 5.74) is 2.72. The minimum Gasteiger partial charge on any atom is -0.487 e. The van der Waals surface area contributed by atoms with Gasteiger partial charge in [0.2, 0.25) is 0 Å². The van der Waals surface area contributed by atoms with Gasteiger partial charge >= 0.3 is 5.69 Å². The second-order valence-electron chi connectivity index (χ2n) is 5.66. The number of aryl methyl sites for hydroxylation is 2. The Morgan fingerprint density at radius 1 is 1.19 bits per heavy atom. The predicted molar refractivity (Wildman–Crippen MR) is 104 cm³/mol. The minimum atomic E-state index is -0.589. The van der Waals surface area contributed by atoms with E-state index in [4.69, 9.17) is 17.0 Å². The molecule has 0 bridgehead atoms. The molecule has 26 heavy (non-hydrogen) atoms. The molecule has 0 fully saturated rings. The van der Waals surface area contributed by atoms with E-state index in [0.717, 1.165) is 16.8 Å². The van der Waals surface area contributed by atoms with E-state index in [2.05, 4.69) is 10.6 Å². The highest BCUT2D eigenvalue weighted by atomic mass is 32.1. The molecule has 0 aliphatic heterocycles. The number of nitro benzene ring substituents is 1. The third-order valence-corrected chi connectivity index (χ3v) is 3.63. The zero-order valence-corrected chi connectivity index (χ0v) is 15.5. The lowest BCUT2D eigenvalue weighted by Crippen LogP contribution is -2.34. The smallest absolute Gasteiger partial charge is 0.311 e. The van der Waals surface area contributed by atoms with Crippen LogP contribution in [-0.4, -0.2) is 22.5 Å². The molecule has 0 spiro atoms. The first kappa shape index (κ1) is 19.3. The number of hydrogen-bond donors (Lipinski definition) is 2. The second-order valence-corrected chi connectivity index (χ2v) is 6.07. The molecule has 0 unspecified atom stereocenters. The van der Waals surface area contributed by atoms with Crippen molar-refractivity contribution in [3.05, 3.63) is 63.2 Å².